The zero-order valence-corrected chi connectivity index (χ0v) is 17.5. The molecule has 0 atom stereocenters. The number of sulfonamides is 1. The second-order valence-electron chi connectivity index (χ2n) is 6.10. The molecule has 1 fully saturated rings. The zero-order chi connectivity index (χ0) is 18.7. The van der Waals surface area contributed by atoms with Crippen LogP contribution in [0.2, 0.25) is 5.02 Å². The van der Waals surface area contributed by atoms with Crippen LogP contribution in [0.15, 0.2) is 51.8 Å². The van der Waals surface area contributed by atoms with Crippen LogP contribution in [0, 0.1) is 0 Å². The molecule has 140 valence electrons. The highest BCUT2D eigenvalue weighted by atomic mass is 79.9. The van der Waals surface area contributed by atoms with Crippen LogP contribution in [0.5, 0.6) is 5.75 Å². The number of rotatable bonds is 5. The van der Waals surface area contributed by atoms with Crippen molar-refractivity contribution in [1.29, 1.82) is 0 Å². The first-order chi connectivity index (χ1) is 12.4. The molecule has 3 rings (SSSR count). The number of halogens is 2. The maximum absolute atomic E-state index is 12.8. The Bertz CT molecular complexity index is 867. The highest BCUT2D eigenvalue weighted by molar-refractivity contribution is 9.10. The first-order valence-corrected chi connectivity index (χ1v) is 10.8. The fourth-order valence-electron chi connectivity index (χ4n) is 2.94. The summed E-state index contributed by atoms with van der Waals surface area (Å²) in [5, 5.41) is 0.236. The zero-order valence-electron chi connectivity index (χ0n) is 14.4. The van der Waals surface area contributed by atoms with Gasteiger partial charge in [-0.05, 0) is 35.9 Å². The summed E-state index contributed by atoms with van der Waals surface area (Å²) in [7, 11) is -1.93. The quantitative estimate of drug-likeness (QED) is 0.685. The van der Waals surface area contributed by atoms with Crippen LogP contribution in [0.4, 0.5) is 0 Å². The number of benzene rings is 2. The third-order valence-corrected chi connectivity index (χ3v) is 7.28. The Morgan fingerprint density at radius 2 is 1.73 bits per heavy atom. The largest absolute Gasteiger partial charge is 0.497 e. The van der Waals surface area contributed by atoms with Crippen LogP contribution in [0.3, 0.4) is 0 Å². The van der Waals surface area contributed by atoms with Crippen molar-refractivity contribution in [3.8, 4) is 5.75 Å². The van der Waals surface area contributed by atoms with Gasteiger partial charge < -0.3 is 4.74 Å². The second kappa shape index (κ2) is 8.27. The molecule has 2 aromatic carbocycles. The van der Waals surface area contributed by atoms with Crippen LogP contribution in [0.1, 0.15) is 5.56 Å². The van der Waals surface area contributed by atoms with E-state index in [0.29, 0.717) is 26.2 Å². The van der Waals surface area contributed by atoms with Crippen molar-refractivity contribution in [3.05, 3.63) is 57.5 Å². The topological polar surface area (TPSA) is 49.9 Å². The molecule has 0 bridgehead atoms. The number of hydrogen-bond acceptors (Lipinski definition) is 4. The Morgan fingerprint density at radius 3 is 2.31 bits per heavy atom. The summed E-state index contributed by atoms with van der Waals surface area (Å²) in [6.45, 7) is 3.05. The molecule has 0 N–H and O–H groups in total. The molecule has 0 amide bonds. The average molecular weight is 460 g/mol. The van der Waals surface area contributed by atoms with Crippen LogP contribution < -0.4 is 4.74 Å². The van der Waals surface area contributed by atoms with E-state index in [1.807, 2.05) is 24.3 Å². The molecule has 0 spiro atoms. The number of hydrogen-bond donors (Lipinski definition) is 0. The normalized spacial score (nSPS) is 16.6. The predicted octanol–water partition coefficient (Wildman–Crippen LogP) is 3.62. The van der Waals surface area contributed by atoms with E-state index in [9.17, 15) is 8.42 Å². The number of methoxy groups -OCH3 is 1. The number of nitrogens with zero attached hydrogens (tertiary/aromatic N) is 2. The van der Waals surface area contributed by atoms with E-state index in [1.165, 1.54) is 9.87 Å². The molecule has 1 aliphatic rings. The molecule has 1 heterocycles. The minimum absolute atomic E-state index is 0.158. The summed E-state index contributed by atoms with van der Waals surface area (Å²) in [6.07, 6.45) is 0. The molecule has 0 aromatic heterocycles. The molecular formula is C18H20BrClN2O3S. The van der Waals surface area contributed by atoms with Gasteiger partial charge in [0.15, 0.2) is 0 Å². The molecule has 8 heteroatoms. The van der Waals surface area contributed by atoms with E-state index in [0.717, 1.165) is 16.8 Å². The number of piperazine rings is 1. The Kier molecular flexibility index (Phi) is 6.25. The Morgan fingerprint density at radius 1 is 1.08 bits per heavy atom. The summed E-state index contributed by atoms with van der Waals surface area (Å²) in [4.78, 5) is 2.41. The van der Waals surface area contributed by atoms with Gasteiger partial charge in [0.2, 0.25) is 10.0 Å². The fourth-order valence-corrected chi connectivity index (χ4v) is 5.37. The summed E-state index contributed by atoms with van der Waals surface area (Å²) in [6, 6.07) is 12.8. The van der Waals surface area contributed by atoms with Gasteiger partial charge >= 0.3 is 0 Å². The SMILES string of the molecule is COc1ccc(CN2CCN(S(=O)(=O)c3ccc(Br)cc3Cl)CC2)cc1. The first-order valence-electron chi connectivity index (χ1n) is 8.20. The van der Waals surface area contributed by atoms with Gasteiger partial charge in [0.25, 0.3) is 0 Å². The molecule has 0 radical (unpaired) electrons. The lowest BCUT2D eigenvalue weighted by Gasteiger charge is -2.34. The van der Waals surface area contributed by atoms with E-state index in [4.69, 9.17) is 16.3 Å². The molecule has 2 aromatic rings. The lowest BCUT2D eigenvalue weighted by atomic mass is 10.2. The Hall–Kier alpha value is -1.12. The van der Waals surface area contributed by atoms with Gasteiger partial charge in [-0.25, -0.2) is 8.42 Å². The van der Waals surface area contributed by atoms with E-state index < -0.39 is 10.0 Å². The van der Waals surface area contributed by atoms with Crippen LogP contribution in [-0.2, 0) is 16.6 Å². The summed E-state index contributed by atoms with van der Waals surface area (Å²) in [5.41, 5.74) is 1.18. The fraction of sp³-hybridized carbons (Fsp3) is 0.333. The summed E-state index contributed by atoms with van der Waals surface area (Å²) in [5.74, 6) is 0.830. The Balaban J connectivity index is 1.63. The second-order valence-corrected chi connectivity index (χ2v) is 9.33. The third-order valence-electron chi connectivity index (χ3n) is 4.41. The van der Waals surface area contributed by atoms with Gasteiger partial charge in [0.05, 0.1) is 12.1 Å². The van der Waals surface area contributed by atoms with Gasteiger partial charge in [-0.15, -0.1) is 0 Å². The predicted molar refractivity (Wildman–Crippen MR) is 106 cm³/mol. The van der Waals surface area contributed by atoms with Crippen molar-refractivity contribution in [2.75, 3.05) is 33.3 Å². The number of ether oxygens (including phenoxy) is 1. The molecular weight excluding hydrogens is 440 g/mol. The minimum atomic E-state index is -3.58. The highest BCUT2D eigenvalue weighted by Gasteiger charge is 2.30. The maximum Gasteiger partial charge on any atom is 0.244 e. The van der Waals surface area contributed by atoms with Crippen molar-refractivity contribution < 1.29 is 13.2 Å². The maximum atomic E-state index is 12.8. The van der Waals surface area contributed by atoms with Crippen molar-refractivity contribution >= 4 is 37.6 Å². The lowest BCUT2D eigenvalue weighted by Crippen LogP contribution is -2.48. The van der Waals surface area contributed by atoms with Gasteiger partial charge in [0.1, 0.15) is 10.6 Å². The molecule has 0 saturated carbocycles. The lowest BCUT2D eigenvalue weighted by molar-refractivity contribution is 0.181. The summed E-state index contributed by atoms with van der Waals surface area (Å²) >= 11 is 9.44. The van der Waals surface area contributed by atoms with Gasteiger partial charge in [-0.2, -0.15) is 4.31 Å². The third kappa shape index (κ3) is 4.40. The molecule has 26 heavy (non-hydrogen) atoms. The van der Waals surface area contributed by atoms with Gasteiger partial charge in [0, 0.05) is 37.2 Å². The van der Waals surface area contributed by atoms with E-state index >= 15 is 0 Å². The van der Waals surface area contributed by atoms with Crippen molar-refractivity contribution in [3.63, 3.8) is 0 Å². The van der Waals surface area contributed by atoms with Gasteiger partial charge in [-0.1, -0.05) is 39.7 Å². The van der Waals surface area contributed by atoms with Crippen molar-refractivity contribution in [2.24, 2.45) is 0 Å². The van der Waals surface area contributed by atoms with Crippen LogP contribution >= 0.6 is 27.5 Å². The molecule has 1 saturated heterocycles. The standard InChI is InChI=1S/C18H20BrClN2O3S/c1-25-16-5-2-14(3-6-16)13-21-8-10-22(11-9-21)26(23,24)18-7-4-15(19)12-17(18)20/h2-7,12H,8-11,13H2,1H3. The smallest absolute Gasteiger partial charge is 0.244 e. The minimum Gasteiger partial charge on any atom is -0.497 e. The first kappa shape index (κ1) is 19.6. The molecule has 5 nitrogen and oxygen atoms in total. The highest BCUT2D eigenvalue weighted by Crippen LogP contribution is 2.28. The van der Waals surface area contributed by atoms with Crippen LogP contribution in [0.25, 0.3) is 0 Å². The molecule has 1 aliphatic heterocycles. The van der Waals surface area contributed by atoms with E-state index in [2.05, 4.69) is 20.8 Å². The summed E-state index contributed by atoms with van der Waals surface area (Å²) < 4.78 is 33.1. The van der Waals surface area contributed by atoms with Crippen molar-refractivity contribution in [2.45, 2.75) is 11.4 Å². The Labute approximate surface area is 167 Å². The average Bonchev–Trinajstić information content (AvgIpc) is 2.62. The van der Waals surface area contributed by atoms with Crippen molar-refractivity contribution in [1.82, 2.24) is 9.21 Å². The van der Waals surface area contributed by atoms with Gasteiger partial charge in [-0.3, -0.25) is 4.90 Å². The van der Waals surface area contributed by atoms with E-state index in [-0.39, 0.29) is 9.92 Å². The molecule has 0 aliphatic carbocycles. The monoisotopic (exact) mass is 458 g/mol. The van der Waals surface area contributed by atoms with E-state index in [1.54, 1.807) is 25.3 Å². The van der Waals surface area contributed by atoms with Crippen LogP contribution in [-0.4, -0.2) is 50.9 Å². The molecule has 0 unspecified atom stereocenters.